The summed E-state index contributed by atoms with van der Waals surface area (Å²) in [5.74, 6) is 0.740. The zero-order chi connectivity index (χ0) is 18.5. The monoisotopic (exact) mass is 366 g/mol. The molecular formula is C21H19ClN2O2. The van der Waals surface area contributed by atoms with Crippen molar-refractivity contribution in [2.24, 2.45) is 0 Å². The SMILES string of the molecule is COc1ccc(/C=C/C(=O)c2cccc(C)c2)cc1Cn1cc(Cl)cn1. The minimum atomic E-state index is -0.0232. The molecule has 4 nitrogen and oxygen atoms in total. The number of halogens is 1. The molecule has 2 aromatic carbocycles. The van der Waals surface area contributed by atoms with Gasteiger partial charge in [0.2, 0.25) is 0 Å². The Bertz CT molecular complexity index is 960. The molecule has 3 aromatic rings. The lowest BCUT2D eigenvalue weighted by Gasteiger charge is -2.09. The molecular weight excluding hydrogens is 348 g/mol. The van der Waals surface area contributed by atoms with E-state index in [1.165, 1.54) is 0 Å². The van der Waals surface area contributed by atoms with Gasteiger partial charge < -0.3 is 4.74 Å². The van der Waals surface area contributed by atoms with Crippen LogP contribution in [0.5, 0.6) is 5.75 Å². The Morgan fingerprint density at radius 3 is 2.81 bits per heavy atom. The molecule has 0 amide bonds. The molecule has 0 saturated heterocycles. The van der Waals surface area contributed by atoms with Gasteiger partial charge >= 0.3 is 0 Å². The maximum Gasteiger partial charge on any atom is 0.185 e. The fourth-order valence-corrected chi connectivity index (χ4v) is 2.85. The molecule has 0 saturated carbocycles. The van der Waals surface area contributed by atoms with Crippen LogP contribution in [0.15, 0.2) is 60.9 Å². The topological polar surface area (TPSA) is 44.1 Å². The summed E-state index contributed by atoms with van der Waals surface area (Å²) >= 11 is 5.92. The highest BCUT2D eigenvalue weighted by Crippen LogP contribution is 2.22. The molecule has 3 rings (SSSR count). The summed E-state index contributed by atoms with van der Waals surface area (Å²) in [6.07, 6.45) is 6.75. The average molecular weight is 367 g/mol. The van der Waals surface area contributed by atoms with Gasteiger partial charge in [-0.3, -0.25) is 9.48 Å². The minimum Gasteiger partial charge on any atom is -0.496 e. The summed E-state index contributed by atoms with van der Waals surface area (Å²) in [6.45, 7) is 2.50. The van der Waals surface area contributed by atoms with Crippen LogP contribution in [0.25, 0.3) is 6.08 Å². The normalized spacial score (nSPS) is 11.0. The molecule has 1 heterocycles. The van der Waals surface area contributed by atoms with Crippen LogP contribution >= 0.6 is 11.6 Å². The number of aryl methyl sites for hydroxylation is 1. The van der Waals surface area contributed by atoms with E-state index >= 15 is 0 Å². The van der Waals surface area contributed by atoms with Gasteiger partial charge in [-0.2, -0.15) is 5.10 Å². The number of nitrogens with zero attached hydrogens (tertiary/aromatic N) is 2. The number of allylic oxidation sites excluding steroid dienone is 1. The van der Waals surface area contributed by atoms with Crippen molar-refractivity contribution in [3.8, 4) is 5.75 Å². The number of rotatable bonds is 6. The first-order valence-electron chi connectivity index (χ1n) is 8.19. The van der Waals surface area contributed by atoms with Gasteiger partial charge in [0.05, 0.1) is 24.9 Å². The number of hydrogen-bond donors (Lipinski definition) is 0. The molecule has 132 valence electrons. The molecule has 5 heteroatoms. The molecule has 1 aromatic heterocycles. The molecule has 0 bridgehead atoms. The fourth-order valence-electron chi connectivity index (χ4n) is 2.69. The van der Waals surface area contributed by atoms with Gasteiger partial charge in [0.25, 0.3) is 0 Å². The van der Waals surface area contributed by atoms with E-state index in [1.807, 2.05) is 55.5 Å². The Labute approximate surface area is 157 Å². The third kappa shape index (κ3) is 4.41. The summed E-state index contributed by atoms with van der Waals surface area (Å²) in [7, 11) is 1.63. The molecule has 0 radical (unpaired) electrons. The first-order valence-corrected chi connectivity index (χ1v) is 8.57. The van der Waals surface area contributed by atoms with Gasteiger partial charge in [0.15, 0.2) is 5.78 Å². The highest BCUT2D eigenvalue weighted by Gasteiger charge is 2.07. The molecule has 0 aliphatic carbocycles. The van der Waals surface area contributed by atoms with Crippen molar-refractivity contribution < 1.29 is 9.53 Å². The number of methoxy groups -OCH3 is 1. The molecule has 0 fully saturated rings. The van der Waals surface area contributed by atoms with Crippen molar-refractivity contribution in [1.82, 2.24) is 9.78 Å². The lowest BCUT2D eigenvalue weighted by Crippen LogP contribution is -2.02. The first kappa shape index (κ1) is 18.0. The van der Waals surface area contributed by atoms with Gasteiger partial charge in [-0.05, 0) is 36.8 Å². The van der Waals surface area contributed by atoms with E-state index in [1.54, 1.807) is 30.3 Å². The Morgan fingerprint density at radius 2 is 2.12 bits per heavy atom. The molecule has 26 heavy (non-hydrogen) atoms. The highest BCUT2D eigenvalue weighted by molar-refractivity contribution is 6.30. The maximum absolute atomic E-state index is 12.3. The number of carbonyl (C=O) groups excluding carboxylic acids is 1. The van der Waals surface area contributed by atoms with Crippen LogP contribution in [0.4, 0.5) is 0 Å². The fraction of sp³-hybridized carbons (Fsp3) is 0.143. The summed E-state index contributed by atoms with van der Waals surface area (Å²) < 4.78 is 7.16. The summed E-state index contributed by atoms with van der Waals surface area (Å²) in [5.41, 5.74) is 3.62. The van der Waals surface area contributed by atoms with Crippen LogP contribution in [0.3, 0.4) is 0 Å². The van der Waals surface area contributed by atoms with Crippen molar-refractivity contribution in [2.75, 3.05) is 7.11 Å². The number of hydrogen-bond acceptors (Lipinski definition) is 3. The van der Waals surface area contributed by atoms with E-state index in [2.05, 4.69) is 5.10 Å². The lowest BCUT2D eigenvalue weighted by molar-refractivity contribution is 0.104. The molecule has 0 unspecified atom stereocenters. The van der Waals surface area contributed by atoms with Crippen molar-refractivity contribution in [1.29, 1.82) is 0 Å². The van der Waals surface area contributed by atoms with Gasteiger partial charge in [-0.1, -0.05) is 47.5 Å². The van der Waals surface area contributed by atoms with Crippen molar-refractivity contribution >= 4 is 23.5 Å². The van der Waals surface area contributed by atoms with E-state index in [9.17, 15) is 4.79 Å². The van der Waals surface area contributed by atoms with Crippen molar-refractivity contribution in [3.05, 3.63) is 88.2 Å². The smallest absolute Gasteiger partial charge is 0.185 e. The quantitative estimate of drug-likeness (QED) is 0.465. The molecule has 0 aliphatic heterocycles. The maximum atomic E-state index is 12.3. The Balaban J connectivity index is 1.81. The number of carbonyl (C=O) groups is 1. The number of aromatic nitrogens is 2. The van der Waals surface area contributed by atoms with Gasteiger partial charge in [0.1, 0.15) is 5.75 Å². The predicted octanol–water partition coefficient (Wildman–Crippen LogP) is 4.80. The van der Waals surface area contributed by atoms with E-state index in [0.29, 0.717) is 17.1 Å². The molecule has 0 N–H and O–H groups in total. The van der Waals surface area contributed by atoms with Crippen LogP contribution in [0.2, 0.25) is 5.02 Å². The largest absolute Gasteiger partial charge is 0.496 e. The first-order chi connectivity index (χ1) is 12.5. The second-order valence-corrected chi connectivity index (χ2v) is 6.43. The van der Waals surface area contributed by atoms with Crippen molar-refractivity contribution in [2.45, 2.75) is 13.5 Å². The summed E-state index contributed by atoms with van der Waals surface area (Å²) in [5, 5.41) is 4.78. The Morgan fingerprint density at radius 1 is 1.27 bits per heavy atom. The highest BCUT2D eigenvalue weighted by atomic mass is 35.5. The standard InChI is InChI=1S/C21H19ClN2O2/c1-15-4-3-5-17(10-15)20(25)8-6-16-7-9-21(26-2)18(11-16)13-24-14-19(22)12-23-24/h3-12,14H,13H2,1-2H3/b8-6+. The van der Waals surface area contributed by atoms with E-state index in [4.69, 9.17) is 16.3 Å². The number of benzene rings is 2. The zero-order valence-electron chi connectivity index (χ0n) is 14.6. The molecule has 0 aliphatic rings. The Kier molecular flexibility index (Phi) is 5.54. The average Bonchev–Trinajstić information content (AvgIpc) is 3.04. The van der Waals surface area contributed by atoms with Crippen LogP contribution in [0, 0.1) is 6.92 Å². The van der Waals surface area contributed by atoms with Crippen LogP contribution in [0.1, 0.15) is 27.0 Å². The predicted molar refractivity (Wildman–Crippen MR) is 104 cm³/mol. The van der Waals surface area contributed by atoms with Crippen LogP contribution in [-0.2, 0) is 6.54 Å². The second kappa shape index (κ2) is 8.02. The van der Waals surface area contributed by atoms with Gasteiger partial charge in [-0.15, -0.1) is 0 Å². The van der Waals surface area contributed by atoms with Crippen LogP contribution in [-0.4, -0.2) is 22.7 Å². The Hall–Kier alpha value is -2.85. The number of ketones is 1. The molecule has 0 spiro atoms. The van der Waals surface area contributed by atoms with E-state index < -0.39 is 0 Å². The third-order valence-electron chi connectivity index (χ3n) is 3.97. The summed E-state index contributed by atoms with van der Waals surface area (Å²) in [4.78, 5) is 12.3. The molecule has 0 atom stereocenters. The second-order valence-electron chi connectivity index (χ2n) is 5.99. The van der Waals surface area contributed by atoms with Crippen molar-refractivity contribution in [3.63, 3.8) is 0 Å². The summed E-state index contributed by atoms with van der Waals surface area (Å²) in [6, 6.07) is 13.3. The van der Waals surface area contributed by atoms with Gasteiger partial charge in [0, 0.05) is 17.3 Å². The zero-order valence-corrected chi connectivity index (χ0v) is 15.4. The van der Waals surface area contributed by atoms with Crippen LogP contribution < -0.4 is 4.74 Å². The minimum absolute atomic E-state index is 0.0232. The third-order valence-corrected chi connectivity index (χ3v) is 4.16. The van der Waals surface area contributed by atoms with E-state index in [0.717, 1.165) is 22.4 Å². The van der Waals surface area contributed by atoms with Gasteiger partial charge in [-0.25, -0.2) is 0 Å². The number of ether oxygens (including phenoxy) is 1. The lowest BCUT2D eigenvalue weighted by atomic mass is 10.1. The van der Waals surface area contributed by atoms with E-state index in [-0.39, 0.29) is 5.78 Å².